The second-order valence-corrected chi connectivity index (χ2v) is 6.63. The van der Waals surface area contributed by atoms with Gasteiger partial charge in [0.2, 0.25) is 0 Å². The smallest absolute Gasteiger partial charge is 0.410 e. The van der Waals surface area contributed by atoms with E-state index in [1.807, 2.05) is 39.8 Å². The van der Waals surface area contributed by atoms with Crippen LogP contribution < -0.4 is 0 Å². The van der Waals surface area contributed by atoms with Gasteiger partial charge in [-0.15, -0.1) is 0 Å². The van der Waals surface area contributed by atoms with Crippen LogP contribution in [-0.4, -0.2) is 34.3 Å². The van der Waals surface area contributed by atoms with E-state index >= 15 is 0 Å². The van der Waals surface area contributed by atoms with Crippen LogP contribution in [0.2, 0.25) is 0 Å². The lowest BCUT2D eigenvalue weighted by Crippen LogP contribution is -2.40. The molecule has 1 N–H and O–H groups in total. The van der Waals surface area contributed by atoms with Gasteiger partial charge in [-0.25, -0.2) is 4.79 Å². The molecule has 0 saturated carbocycles. The molecule has 1 rings (SSSR count). The lowest BCUT2D eigenvalue weighted by Gasteiger charge is -2.28. The molecule has 0 aromatic heterocycles. The van der Waals surface area contributed by atoms with E-state index in [-0.39, 0.29) is 6.54 Å². The number of ether oxygens (including phenoxy) is 1. The van der Waals surface area contributed by atoms with Gasteiger partial charge in [0.25, 0.3) is 0 Å². The zero-order valence-corrected chi connectivity index (χ0v) is 13.9. The Labute approximate surface area is 127 Å². The molecule has 1 amide bonds. The quantitative estimate of drug-likeness (QED) is 0.925. The van der Waals surface area contributed by atoms with Gasteiger partial charge in [-0.05, 0) is 58.2 Å². The summed E-state index contributed by atoms with van der Waals surface area (Å²) in [5.74, 6) is 0. The molecule has 0 aliphatic heterocycles. The highest BCUT2D eigenvalue weighted by molar-refractivity contribution is 5.68. The third kappa shape index (κ3) is 6.17. The zero-order chi connectivity index (χ0) is 16.2. The van der Waals surface area contributed by atoms with Gasteiger partial charge in [-0.3, -0.25) is 0 Å². The molecule has 118 valence electrons. The van der Waals surface area contributed by atoms with E-state index < -0.39 is 17.8 Å². The van der Waals surface area contributed by atoms with E-state index in [0.29, 0.717) is 6.54 Å². The number of aliphatic hydroxyl groups is 1. The van der Waals surface area contributed by atoms with Crippen LogP contribution in [0.3, 0.4) is 0 Å². The summed E-state index contributed by atoms with van der Waals surface area (Å²) in [4.78, 5) is 13.8. The van der Waals surface area contributed by atoms with E-state index in [2.05, 4.69) is 13.0 Å². The summed E-state index contributed by atoms with van der Waals surface area (Å²) >= 11 is 0. The molecule has 0 aliphatic carbocycles. The average molecular weight is 293 g/mol. The van der Waals surface area contributed by atoms with Gasteiger partial charge >= 0.3 is 6.09 Å². The van der Waals surface area contributed by atoms with Gasteiger partial charge in [0.1, 0.15) is 5.60 Å². The Morgan fingerprint density at radius 2 is 1.90 bits per heavy atom. The van der Waals surface area contributed by atoms with Crippen molar-refractivity contribution < 1.29 is 14.6 Å². The molecule has 1 aromatic rings. The first kappa shape index (κ1) is 17.5. The number of carbonyl (C=O) groups is 1. The summed E-state index contributed by atoms with van der Waals surface area (Å²) in [5, 5.41) is 9.60. The number of hydrogen-bond donors (Lipinski definition) is 1. The second kappa shape index (κ2) is 6.94. The number of aliphatic hydroxyl groups excluding tert-OH is 1. The SMILES string of the molecule is Cc1ccc(CN(CC(C)O)C(=O)OC(C)(C)C)cc1C. The predicted molar refractivity (Wildman–Crippen MR) is 84.2 cm³/mol. The molecule has 0 radical (unpaired) electrons. The van der Waals surface area contributed by atoms with Crippen LogP contribution in [-0.2, 0) is 11.3 Å². The fraction of sp³-hybridized carbons (Fsp3) is 0.588. The van der Waals surface area contributed by atoms with Crippen molar-refractivity contribution in [2.45, 2.75) is 59.8 Å². The molecule has 21 heavy (non-hydrogen) atoms. The molecular formula is C17H27NO3. The Bertz CT molecular complexity index is 489. The van der Waals surface area contributed by atoms with Gasteiger partial charge in [-0.2, -0.15) is 0 Å². The Hall–Kier alpha value is -1.55. The molecule has 1 unspecified atom stereocenters. The number of nitrogens with zero attached hydrogens (tertiary/aromatic N) is 1. The van der Waals surface area contributed by atoms with Crippen LogP contribution >= 0.6 is 0 Å². The van der Waals surface area contributed by atoms with Crippen LogP contribution in [0, 0.1) is 13.8 Å². The molecule has 0 aliphatic rings. The van der Waals surface area contributed by atoms with Crippen molar-refractivity contribution in [1.82, 2.24) is 4.90 Å². The second-order valence-electron chi connectivity index (χ2n) is 6.63. The van der Waals surface area contributed by atoms with Crippen molar-refractivity contribution in [1.29, 1.82) is 0 Å². The Kier molecular flexibility index (Phi) is 5.78. The minimum atomic E-state index is -0.593. The molecule has 0 saturated heterocycles. The van der Waals surface area contributed by atoms with Gasteiger partial charge in [0, 0.05) is 6.54 Å². The van der Waals surface area contributed by atoms with Crippen molar-refractivity contribution >= 4 is 6.09 Å². The monoisotopic (exact) mass is 293 g/mol. The lowest BCUT2D eigenvalue weighted by molar-refractivity contribution is 0.0142. The summed E-state index contributed by atoms with van der Waals surface area (Å²) in [6.45, 7) is 12.0. The topological polar surface area (TPSA) is 49.8 Å². The Balaban J connectivity index is 2.87. The van der Waals surface area contributed by atoms with Crippen LogP contribution in [0.25, 0.3) is 0 Å². The normalized spacial score (nSPS) is 12.9. The number of carbonyl (C=O) groups excluding carboxylic acids is 1. The van der Waals surface area contributed by atoms with Crippen LogP contribution in [0.1, 0.15) is 44.4 Å². The third-order valence-corrected chi connectivity index (χ3v) is 3.08. The largest absolute Gasteiger partial charge is 0.444 e. The van der Waals surface area contributed by atoms with Crippen molar-refractivity contribution in [3.05, 3.63) is 34.9 Å². The van der Waals surface area contributed by atoms with Gasteiger partial charge in [0.05, 0.1) is 12.6 Å². The van der Waals surface area contributed by atoms with Gasteiger partial charge < -0.3 is 14.7 Å². The van der Waals surface area contributed by atoms with E-state index in [4.69, 9.17) is 4.74 Å². The molecule has 4 nitrogen and oxygen atoms in total. The summed E-state index contributed by atoms with van der Waals surface area (Å²) in [7, 11) is 0. The molecule has 0 spiro atoms. The molecular weight excluding hydrogens is 266 g/mol. The maximum atomic E-state index is 12.2. The fourth-order valence-electron chi connectivity index (χ4n) is 1.97. The summed E-state index contributed by atoms with van der Waals surface area (Å²) in [5.41, 5.74) is 2.90. The lowest BCUT2D eigenvalue weighted by atomic mass is 10.1. The fourth-order valence-corrected chi connectivity index (χ4v) is 1.97. The highest BCUT2D eigenvalue weighted by atomic mass is 16.6. The number of rotatable bonds is 4. The maximum Gasteiger partial charge on any atom is 0.410 e. The van der Waals surface area contributed by atoms with Crippen LogP contribution in [0.15, 0.2) is 18.2 Å². The summed E-state index contributed by atoms with van der Waals surface area (Å²) < 4.78 is 5.40. The van der Waals surface area contributed by atoms with Crippen molar-refractivity contribution in [2.75, 3.05) is 6.54 Å². The molecule has 4 heteroatoms. The van der Waals surface area contributed by atoms with Crippen molar-refractivity contribution in [2.24, 2.45) is 0 Å². The minimum absolute atomic E-state index is 0.252. The first-order valence-electron chi connectivity index (χ1n) is 7.30. The highest BCUT2D eigenvalue weighted by Gasteiger charge is 2.23. The average Bonchev–Trinajstić information content (AvgIpc) is 2.30. The minimum Gasteiger partial charge on any atom is -0.444 e. The molecule has 0 bridgehead atoms. The zero-order valence-electron chi connectivity index (χ0n) is 13.9. The first-order valence-corrected chi connectivity index (χ1v) is 7.30. The van der Waals surface area contributed by atoms with E-state index in [0.717, 1.165) is 5.56 Å². The Morgan fingerprint density at radius 3 is 2.38 bits per heavy atom. The maximum absolute atomic E-state index is 12.2. The molecule has 1 aromatic carbocycles. The van der Waals surface area contributed by atoms with Crippen LogP contribution in [0.5, 0.6) is 0 Å². The van der Waals surface area contributed by atoms with Crippen molar-refractivity contribution in [3.8, 4) is 0 Å². The number of benzene rings is 1. The van der Waals surface area contributed by atoms with Crippen LogP contribution in [0.4, 0.5) is 4.79 Å². The highest BCUT2D eigenvalue weighted by Crippen LogP contribution is 2.15. The standard InChI is InChI=1S/C17H27NO3/c1-12-7-8-15(9-13(12)2)11-18(10-14(3)19)16(20)21-17(4,5)6/h7-9,14,19H,10-11H2,1-6H3. The summed E-state index contributed by atoms with van der Waals surface area (Å²) in [6.07, 6.45) is -0.995. The Morgan fingerprint density at radius 1 is 1.29 bits per heavy atom. The number of amides is 1. The van der Waals surface area contributed by atoms with E-state index in [1.54, 1.807) is 11.8 Å². The molecule has 1 atom stereocenters. The number of hydrogen-bond acceptors (Lipinski definition) is 3. The predicted octanol–water partition coefficient (Wildman–Crippen LogP) is 3.42. The van der Waals surface area contributed by atoms with Gasteiger partial charge in [-0.1, -0.05) is 18.2 Å². The third-order valence-electron chi connectivity index (χ3n) is 3.08. The first-order chi connectivity index (χ1) is 9.58. The molecule has 0 heterocycles. The van der Waals surface area contributed by atoms with E-state index in [1.165, 1.54) is 11.1 Å². The summed E-state index contributed by atoms with van der Waals surface area (Å²) in [6, 6.07) is 6.11. The number of aryl methyl sites for hydroxylation is 2. The van der Waals surface area contributed by atoms with E-state index in [9.17, 15) is 9.90 Å². The molecule has 0 fully saturated rings. The van der Waals surface area contributed by atoms with Gasteiger partial charge in [0.15, 0.2) is 0 Å². The van der Waals surface area contributed by atoms with Crippen molar-refractivity contribution in [3.63, 3.8) is 0 Å².